The second kappa shape index (κ2) is 5.92. The van der Waals surface area contributed by atoms with Crippen LogP contribution in [0.25, 0.3) is 5.65 Å². The molecule has 3 aromatic rings. The fourth-order valence-corrected chi connectivity index (χ4v) is 2.23. The molecule has 0 fully saturated rings. The highest BCUT2D eigenvalue weighted by atomic mass is 35.5. The highest BCUT2D eigenvalue weighted by Crippen LogP contribution is 2.11. The van der Waals surface area contributed by atoms with Gasteiger partial charge in [-0.2, -0.15) is 4.98 Å². The zero-order valence-electron chi connectivity index (χ0n) is 11.0. The van der Waals surface area contributed by atoms with Gasteiger partial charge in [0.05, 0.1) is 5.02 Å². The smallest absolute Gasteiger partial charge is 0.243 e. The number of fused-ring (bicyclic) bond motifs is 1. The Morgan fingerprint density at radius 3 is 2.80 bits per heavy atom. The zero-order chi connectivity index (χ0) is 13.8. The average molecular weight is 287 g/mol. The van der Waals surface area contributed by atoms with Crippen molar-refractivity contribution < 1.29 is 0 Å². The van der Waals surface area contributed by atoms with E-state index in [-0.39, 0.29) is 0 Å². The Hall–Kier alpha value is -2.07. The van der Waals surface area contributed by atoms with Gasteiger partial charge in [-0.15, -0.1) is 5.10 Å². The molecule has 1 N–H and O–H groups in total. The molecular formula is C15H15ClN4. The highest BCUT2D eigenvalue weighted by molar-refractivity contribution is 6.30. The van der Waals surface area contributed by atoms with Crippen molar-refractivity contribution in [2.45, 2.75) is 12.8 Å². The van der Waals surface area contributed by atoms with Gasteiger partial charge in [0.1, 0.15) is 0 Å². The summed E-state index contributed by atoms with van der Waals surface area (Å²) in [5.74, 6) is 0.639. The quantitative estimate of drug-likeness (QED) is 0.731. The van der Waals surface area contributed by atoms with E-state index < -0.39 is 0 Å². The Labute approximate surface area is 122 Å². The van der Waals surface area contributed by atoms with Crippen molar-refractivity contribution in [1.82, 2.24) is 14.6 Å². The van der Waals surface area contributed by atoms with Gasteiger partial charge in [0, 0.05) is 12.7 Å². The van der Waals surface area contributed by atoms with Crippen LogP contribution in [0.15, 0.2) is 48.7 Å². The first kappa shape index (κ1) is 12.9. The second-order valence-electron chi connectivity index (χ2n) is 4.60. The van der Waals surface area contributed by atoms with Crippen LogP contribution in [0.1, 0.15) is 12.0 Å². The van der Waals surface area contributed by atoms with Crippen molar-refractivity contribution in [3.05, 3.63) is 59.2 Å². The Kier molecular flexibility index (Phi) is 3.83. The molecule has 0 unspecified atom stereocenters. The van der Waals surface area contributed by atoms with Crippen LogP contribution in [-0.4, -0.2) is 21.1 Å². The molecule has 2 heterocycles. The fraction of sp³-hybridized carbons (Fsp3) is 0.200. The van der Waals surface area contributed by atoms with E-state index in [4.69, 9.17) is 11.6 Å². The highest BCUT2D eigenvalue weighted by Gasteiger charge is 2.02. The van der Waals surface area contributed by atoms with Gasteiger partial charge in [0.15, 0.2) is 5.65 Å². The molecule has 5 heteroatoms. The SMILES string of the molecule is Clc1ccc2nc(NCCCc3ccccc3)nn2c1. The molecule has 102 valence electrons. The molecule has 2 aromatic heterocycles. The van der Waals surface area contributed by atoms with Gasteiger partial charge < -0.3 is 5.32 Å². The molecule has 0 aliphatic heterocycles. The number of aryl methyl sites for hydroxylation is 1. The predicted molar refractivity (Wildman–Crippen MR) is 81.2 cm³/mol. The van der Waals surface area contributed by atoms with Crippen molar-refractivity contribution in [3.8, 4) is 0 Å². The Bertz CT molecular complexity index is 693. The van der Waals surface area contributed by atoms with Crippen LogP contribution in [0.4, 0.5) is 5.95 Å². The number of nitrogens with one attached hydrogen (secondary N) is 1. The van der Waals surface area contributed by atoms with E-state index in [0.717, 1.165) is 25.0 Å². The van der Waals surface area contributed by atoms with Crippen LogP contribution in [0.3, 0.4) is 0 Å². The molecule has 0 aliphatic carbocycles. The number of rotatable bonds is 5. The summed E-state index contributed by atoms with van der Waals surface area (Å²) in [7, 11) is 0. The Morgan fingerprint density at radius 2 is 1.95 bits per heavy atom. The first-order valence-electron chi connectivity index (χ1n) is 6.61. The lowest BCUT2D eigenvalue weighted by molar-refractivity contribution is 0.849. The van der Waals surface area contributed by atoms with Gasteiger partial charge in [0.25, 0.3) is 0 Å². The molecule has 0 saturated heterocycles. The van der Waals surface area contributed by atoms with Gasteiger partial charge in [-0.1, -0.05) is 41.9 Å². The van der Waals surface area contributed by atoms with Crippen molar-refractivity contribution in [3.63, 3.8) is 0 Å². The second-order valence-corrected chi connectivity index (χ2v) is 5.04. The molecule has 1 aromatic carbocycles. The van der Waals surface area contributed by atoms with E-state index in [1.165, 1.54) is 5.56 Å². The third-order valence-corrected chi connectivity index (χ3v) is 3.29. The van der Waals surface area contributed by atoms with Crippen molar-refractivity contribution in [2.24, 2.45) is 0 Å². The first-order chi connectivity index (χ1) is 9.81. The summed E-state index contributed by atoms with van der Waals surface area (Å²) in [5, 5.41) is 8.22. The fourth-order valence-electron chi connectivity index (χ4n) is 2.07. The molecular weight excluding hydrogens is 272 g/mol. The Morgan fingerprint density at radius 1 is 1.10 bits per heavy atom. The van der Waals surface area contributed by atoms with E-state index in [2.05, 4.69) is 39.7 Å². The molecule has 0 spiro atoms. The van der Waals surface area contributed by atoms with Crippen LogP contribution in [0.2, 0.25) is 5.02 Å². The number of anilines is 1. The summed E-state index contributed by atoms with van der Waals surface area (Å²) in [5.41, 5.74) is 2.14. The van der Waals surface area contributed by atoms with Crippen LogP contribution in [0.5, 0.6) is 0 Å². The maximum absolute atomic E-state index is 5.91. The third-order valence-electron chi connectivity index (χ3n) is 3.06. The van der Waals surface area contributed by atoms with Gasteiger partial charge in [-0.05, 0) is 30.5 Å². The molecule has 0 aliphatic rings. The van der Waals surface area contributed by atoms with Gasteiger partial charge in [-0.3, -0.25) is 0 Å². The van der Waals surface area contributed by atoms with E-state index in [1.54, 1.807) is 10.7 Å². The lowest BCUT2D eigenvalue weighted by Crippen LogP contribution is -2.04. The average Bonchev–Trinajstić information content (AvgIpc) is 2.86. The molecule has 20 heavy (non-hydrogen) atoms. The van der Waals surface area contributed by atoms with E-state index >= 15 is 0 Å². The molecule has 0 radical (unpaired) electrons. The minimum Gasteiger partial charge on any atom is -0.353 e. The van der Waals surface area contributed by atoms with Crippen molar-refractivity contribution >= 4 is 23.2 Å². The first-order valence-corrected chi connectivity index (χ1v) is 6.99. The number of aromatic nitrogens is 3. The number of halogens is 1. The van der Waals surface area contributed by atoms with Gasteiger partial charge in [0.2, 0.25) is 5.95 Å². The van der Waals surface area contributed by atoms with Crippen LogP contribution < -0.4 is 5.32 Å². The lowest BCUT2D eigenvalue weighted by Gasteiger charge is -2.02. The van der Waals surface area contributed by atoms with E-state index in [9.17, 15) is 0 Å². The number of hydrogen-bond donors (Lipinski definition) is 1. The monoisotopic (exact) mass is 286 g/mol. The van der Waals surface area contributed by atoms with Crippen molar-refractivity contribution in [1.29, 1.82) is 0 Å². The van der Waals surface area contributed by atoms with Crippen LogP contribution in [0, 0.1) is 0 Å². The number of benzene rings is 1. The third kappa shape index (κ3) is 3.08. The van der Waals surface area contributed by atoms with Gasteiger partial charge in [-0.25, -0.2) is 4.52 Å². The summed E-state index contributed by atoms with van der Waals surface area (Å²) < 4.78 is 1.68. The lowest BCUT2D eigenvalue weighted by atomic mass is 10.1. The van der Waals surface area contributed by atoms with Gasteiger partial charge >= 0.3 is 0 Å². The topological polar surface area (TPSA) is 42.2 Å². The Balaban J connectivity index is 1.55. The normalized spacial score (nSPS) is 10.8. The minimum absolute atomic E-state index is 0.639. The summed E-state index contributed by atoms with van der Waals surface area (Å²) in [6.45, 7) is 0.847. The largest absolute Gasteiger partial charge is 0.353 e. The maximum atomic E-state index is 5.91. The van der Waals surface area contributed by atoms with E-state index in [0.29, 0.717) is 11.0 Å². The standard InChI is InChI=1S/C15H15ClN4/c16-13-8-9-14-18-15(19-20(14)11-13)17-10-4-7-12-5-2-1-3-6-12/h1-3,5-6,8-9,11H,4,7,10H2,(H,17,19). The molecule has 4 nitrogen and oxygen atoms in total. The molecule has 3 rings (SSSR count). The van der Waals surface area contributed by atoms with Crippen LogP contribution >= 0.6 is 11.6 Å². The molecule has 0 amide bonds. The van der Waals surface area contributed by atoms with Crippen molar-refractivity contribution in [2.75, 3.05) is 11.9 Å². The summed E-state index contributed by atoms with van der Waals surface area (Å²) in [6, 6.07) is 14.1. The molecule has 0 atom stereocenters. The minimum atomic E-state index is 0.639. The van der Waals surface area contributed by atoms with Crippen LogP contribution in [-0.2, 0) is 6.42 Å². The van der Waals surface area contributed by atoms with E-state index in [1.807, 2.05) is 18.2 Å². The maximum Gasteiger partial charge on any atom is 0.243 e. The molecule has 0 saturated carbocycles. The summed E-state index contributed by atoms with van der Waals surface area (Å²) >= 11 is 5.91. The summed E-state index contributed by atoms with van der Waals surface area (Å²) in [4.78, 5) is 4.38. The number of nitrogens with zero attached hydrogens (tertiary/aromatic N) is 3. The predicted octanol–water partition coefficient (Wildman–Crippen LogP) is 3.43. The number of hydrogen-bond acceptors (Lipinski definition) is 3. The molecule has 0 bridgehead atoms. The number of pyridine rings is 1. The zero-order valence-corrected chi connectivity index (χ0v) is 11.7. The summed E-state index contributed by atoms with van der Waals surface area (Å²) in [6.07, 6.45) is 3.84.